The molecule has 0 bridgehead atoms. The first-order chi connectivity index (χ1) is 13.3. The van der Waals surface area contributed by atoms with Crippen LogP contribution in [0.15, 0.2) is 42.9 Å². The zero-order chi connectivity index (χ0) is 18.2. The molecule has 27 heavy (non-hydrogen) atoms. The molecule has 3 aliphatic rings. The van der Waals surface area contributed by atoms with Gasteiger partial charge in [-0.3, -0.25) is 4.98 Å². The fourth-order valence-corrected chi connectivity index (χ4v) is 5.72. The molecule has 0 radical (unpaired) electrons. The van der Waals surface area contributed by atoms with Crippen molar-refractivity contribution in [3.63, 3.8) is 0 Å². The lowest BCUT2D eigenvalue weighted by Gasteiger charge is -2.32. The van der Waals surface area contributed by atoms with E-state index < -0.39 is 0 Å². The molecule has 0 amide bonds. The first-order valence-electron chi connectivity index (χ1n) is 10.5. The maximum Gasteiger partial charge on any atom is 0.170 e. The number of rotatable bonds is 4. The molecule has 2 aliphatic carbocycles. The molecule has 142 valence electrons. The maximum absolute atomic E-state index is 5.83. The third-order valence-corrected chi connectivity index (χ3v) is 7.01. The molecule has 2 aromatic heterocycles. The van der Waals surface area contributed by atoms with E-state index >= 15 is 0 Å². The Balaban J connectivity index is 1.51. The third kappa shape index (κ3) is 3.16. The molecular formula is C22H28N4S. The summed E-state index contributed by atoms with van der Waals surface area (Å²) in [5.41, 5.74) is 2.45. The minimum atomic E-state index is 0.124. The lowest BCUT2D eigenvalue weighted by molar-refractivity contribution is 0.245. The largest absolute Gasteiger partial charge is 0.352 e. The highest BCUT2D eigenvalue weighted by Gasteiger charge is 2.43. The van der Waals surface area contributed by atoms with Crippen molar-refractivity contribution in [2.45, 2.75) is 75.5 Å². The van der Waals surface area contributed by atoms with Crippen LogP contribution in [0.5, 0.6) is 0 Å². The van der Waals surface area contributed by atoms with Gasteiger partial charge in [-0.05, 0) is 61.7 Å². The molecule has 2 saturated carbocycles. The molecule has 5 rings (SSSR count). The van der Waals surface area contributed by atoms with Crippen molar-refractivity contribution in [1.82, 2.24) is 19.8 Å². The summed E-state index contributed by atoms with van der Waals surface area (Å²) in [5.74, 6) is 0. The van der Waals surface area contributed by atoms with Crippen LogP contribution in [-0.2, 0) is 0 Å². The minimum absolute atomic E-state index is 0.124. The summed E-state index contributed by atoms with van der Waals surface area (Å²) >= 11 is 5.83. The van der Waals surface area contributed by atoms with E-state index in [0.717, 1.165) is 10.8 Å². The zero-order valence-corrected chi connectivity index (χ0v) is 16.6. The van der Waals surface area contributed by atoms with Gasteiger partial charge in [0.05, 0.1) is 17.8 Å². The summed E-state index contributed by atoms with van der Waals surface area (Å²) in [4.78, 5) is 7.16. The van der Waals surface area contributed by atoms with Gasteiger partial charge in [-0.15, -0.1) is 0 Å². The number of aromatic nitrogens is 2. The molecule has 5 heteroatoms. The number of pyridine rings is 1. The lowest BCUT2D eigenvalue weighted by Crippen LogP contribution is -2.37. The molecule has 1 aliphatic heterocycles. The van der Waals surface area contributed by atoms with Crippen molar-refractivity contribution in [3.8, 4) is 0 Å². The second-order valence-corrected chi connectivity index (χ2v) is 8.69. The second kappa shape index (κ2) is 7.27. The number of hydrogen-bond donors (Lipinski definition) is 1. The fourth-order valence-electron chi connectivity index (χ4n) is 5.33. The predicted octanol–water partition coefficient (Wildman–Crippen LogP) is 4.91. The topological polar surface area (TPSA) is 33.1 Å². The van der Waals surface area contributed by atoms with Gasteiger partial charge >= 0.3 is 0 Å². The Morgan fingerprint density at radius 2 is 1.70 bits per heavy atom. The highest BCUT2D eigenvalue weighted by Crippen LogP contribution is 2.43. The van der Waals surface area contributed by atoms with Gasteiger partial charge < -0.3 is 14.8 Å². The summed E-state index contributed by atoms with van der Waals surface area (Å²) in [5, 5.41) is 4.51. The van der Waals surface area contributed by atoms with Crippen LogP contribution in [0.1, 0.15) is 80.7 Å². The molecule has 2 atom stereocenters. The smallest absolute Gasteiger partial charge is 0.170 e. The van der Waals surface area contributed by atoms with E-state index in [-0.39, 0.29) is 12.1 Å². The van der Waals surface area contributed by atoms with Gasteiger partial charge in [-0.2, -0.15) is 0 Å². The van der Waals surface area contributed by atoms with E-state index in [1.807, 2.05) is 12.3 Å². The van der Waals surface area contributed by atoms with Crippen molar-refractivity contribution in [2.75, 3.05) is 0 Å². The van der Waals surface area contributed by atoms with Crippen LogP contribution < -0.4 is 5.32 Å². The Bertz CT molecular complexity index is 790. The molecular weight excluding hydrogens is 352 g/mol. The van der Waals surface area contributed by atoms with Crippen molar-refractivity contribution in [1.29, 1.82) is 0 Å². The Labute approximate surface area is 167 Å². The summed E-state index contributed by atoms with van der Waals surface area (Å²) < 4.78 is 2.45. The van der Waals surface area contributed by atoms with Crippen LogP contribution in [0, 0.1) is 0 Å². The number of thiocarbonyl (C=S) groups is 1. The van der Waals surface area contributed by atoms with E-state index in [0.29, 0.717) is 12.1 Å². The Hall–Kier alpha value is -1.88. The normalized spacial score (nSPS) is 26.8. The highest BCUT2D eigenvalue weighted by molar-refractivity contribution is 7.80. The molecule has 0 spiro atoms. The average molecular weight is 381 g/mol. The van der Waals surface area contributed by atoms with E-state index in [1.165, 1.54) is 56.9 Å². The first kappa shape index (κ1) is 17.2. The van der Waals surface area contributed by atoms with Crippen LogP contribution in [0.2, 0.25) is 0 Å². The Kier molecular flexibility index (Phi) is 4.64. The van der Waals surface area contributed by atoms with Gasteiger partial charge in [0.1, 0.15) is 0 Å². The maximum atomic E-state index is 5.83. The fraction of sp³-hybridized carbons (Fsp3) is 0.545. The van der Waals surface area contributed by atoms with E-state index in [4.69, 9.17) is 12.2 Å². The van der Waals surface area contributed by atoms with Crippen molar-refractivity contribution < 1.29 is 0 Å². The Morgan fingerprint density at radius 3 is 2.41 bits per heavy atom. The minimum Gasteiger partial charge on any atom is -0.352 e. The van der Waals surface area contributed by atoms with Crippen LogP contribution in [0.25, 0.3) is 0 Å². The van der Waals surface area contributed by atoms with Gasteiger partial charge in [0.25, 0.3) is 0 Å². The summed E-state index contributed by atoms with van der Waals surface area (Å²) in [6.45, 7) is 0. The van der Waals surface area contributed by atoms with Gasteiger partial charge in [-0.25, -0.2) is 0 Å². The zero-order valence-electron chi connectivity index (χ0n) is 15.8. The van der Waals surface area contributed by atoms with Gasteiger partial charge in [-0.1, -0.05) is 31.7 Å². The monoisotopic (exact) mass is 380 g/mol. The highest BCUT2D eigenvalue weighted by atomic mass is 32.1. The number of nitrogens with zero attached hydrogens (tertiary/aromatic N) is 3. The van der Waals surface area contributed by atoms with Crippen molar-refractivity contribution in [3.05, 3.63) is 54.1 Å². The summed E-state index contributed by atoms with van der Waals surface area (Å²) in [7, 11) is 0. The van der Waals surface area contributed by atoms with E-state index in [1.54, 1.807) is 0 Å². The first-order valence-corrected chi connectivity index (χ1v) is 10.9. The molecule has 2 aromatic rings. The molecule has 1 saturated heterocycles. The average Bonchev–Trinajstić information content (AvgIpc) is 3.46. The standard InChI is InChI=1S/C22H28N4S/c27-22-24-20(19-11-5-6-13-23-19)21(26(22)18-9-3-4-10-18)16-12-14-25(15-16)17-7-1-2-8-17/h5-6,11-15,17-18,20-21H,1-4,7-10H2,(H,24,27)/t20-,21+/m0/s1. The van der Waals surface area contributed by atoms with Crippen LogP contribution >= 0.6 is 12.2 Å². The molecule has 0 aromatic carbocycles. The lowest BCUT2D eigenvalue weighted by atomic mass is 9.97. The van der Waals surface area contributed by atoms with Crippen molar-refractivity contribution in [2.24, 2.45) is 0 Å². The van der Waals surface area contributed by atoms with Crippen LogP contribution in [0.4, 0.5) is 0 Å². The third-order valence-electron chi connectivity index (χ3n) is 6.68. The number of nitrogens with one attached hydrogen (secondary N) is 1. The van der Waals surface area contributed by atoms with Crippen LogP contribution in [-0.4, -0.2) is 25.6 Å². The van der Waals surface area contributed by atoms with Crippen molar-refractivity contribution >= 4 is 17.3 Å². The molecule has 4 nitrogen and oxygen atoms in total. The van der Waals surface area contributed by atoms with E-state index in [2.05, 4.69) is 50.4 Å². The van der Waals surface area contributed by atoms with E-state index in [9.17, 15) is 0 Å². The van der Waals surface area contributed by atoms with Gasteiger partial charge in [0.15, 0.2) is 5.11 Å². The predicted molar refractivity (Wildman–Crippen MR) is 111 cm³/mol. The molecule has 1 N–H and O–H groups in total. The molecule has 3 fully saturated rings. The summed E-state index contributed by atoms with van der Waals surface area (Å²) in [6, 6.07) is 10.1. The van der Waals surface area contributed by atoms with Gasteiger partial charge in [0, 0.05) is 30.7 Å². The summed E-state index contributed by atoms with van der Waals surface area (Å²) in [6.07, 6.45) is 17.0. The van der Waals surface area contributed by atoms with Gasteiger partial charge in [0.2, 0.25) is 0 Å². The SMILES string of the molecule is S=C1N[C@@H](c2ccccn2)[C@@H](c2ccn(C3CCCC3)c2)N1C1CCCC1. The quantitative estimate of drug-likeness (QED) is 0.764. The Morgan fingerprint density at radius 1 is 0.963 bits per heavy atom. The molecule has 0 unspecified atom stereocenters. The second-order valence-electron chi connectivity index (χ2n) is 8.30. The number of hydrogen-bond acceptors (Lipinski definition) is 2. The van der Waals surface area contributed by atoms with Crippen LogP contribution in [0.3, 0.4) is 0 Å². The molecule has 3 heterocycles.